The maximum atomic E-state index is 9.52. The number of benzene rings is 1. The summed E-state index contributed by atoms with van der Waals surface area (Å²) >= 11 is 0. The molecule has 2 aliphatic heterocycles. The molecule has 2 aliphatic rings. The SMILES string of the molecule is Oc1cc2c(cc1O)OC1(CCNCC1)CC2. The summed E-state index contributed by atoms with van der Waals surface area (Å²) in [5, 5.41) is 22.3. The van der Waals surface area contributed by atoms with Gasteiger partial charge in [-0.2, -0.15) is 0 Å². The maximum absolute atomic E-state index is 9.52. The van der Waals surface area contributed by atoms with Crippen LogP contribution in [0.2, 0.25) is 0 Å². The van der Waals surface area contributed by atoms with E-state index in [1.807, 2.05) is 0 Å². The minimum absolute atomic E-state index is 0.0615. The number of rotatable bonds is 0. The van der Waals surface area contributed by atoms with Crippen molar-refractivity contribution >= 4 is 0 Å². The van der Waals surface area contributed by atoms with E-state index in [0.29, 0.717) is 0 Å². The lowest BCUT2D eigenvalue weighted by molar-refractivity contribution is 0.0167. The predicted octanol–water partition coefficient (Wildman–Crippen LogP) is 1.54. The molecule has 92 valence electrons. The molecular weight excluding hydrogens is 218 g/mol. The van der Waals surface area contributed by atoms with E-state index < -0.39 is 0 Å². The van der Waals surface area contributed by atoms with Crippen molar-refractivity contribution < 1.29 is 14.9 Å². The summed E-state index contributed by atoms with van der Waals surface area (Å²) in [6, 6.07) is 3.15. The third-order valence-electron chi connectivity index (χ3n) is 3.85. The van der Waals surface area contributed by atoms with Gasteiger partial charge in [0.05, 0.1) is 0 Å². The lowest BCUT2D eigenvalue weighted by atomic mass is 9.83. The molecule has 1 saturated heterocycles. The van der Waals surface area contributed by atoms with Crippen LogP contribution in [-0.4, -0.2) is 28.9 Å². The Bertz CT molecular complexity index is 439. The number of nitrogens with one attached hydrogen (secondary N) is 1. The number of aryl methyl sites for hydroxylation is 1. The van der Waals surface area contributed by atoms with E-state index in [0.717, 1.165) is 50.1 Å². The van der Waals surface area contributed by atoms with Gasteiger partial charge in [-0.25, -0.2) is 0 Å². The van der Waals surface area contributed by atoms with Crippen LogP contribution in [0.1, 0.15) is 24.8 Å². The first-order chi connectivity index (χ1) is 8.19. The summed E-state index contributed by atoms with van der Waals surface area (Å²) in [7, 11) is 0. The number of phenolic OH excluding ortho intramolecular Hbond substituents is 2. The van der Waals surface area contributed by atoms with Crippen LogP contribution in [0.25, 0.3) is 0 Å². The zero-order chi connectivity index (χ0) is 11.9. The van der Waals surface area contributed by atoms with E-state index in [1.165, 1.54) is 6.07 Å². The van der Waals surface area contributed by atoms with Gasteiger partial charge < -0.3 is 20.3 Å². The fourth-order valence-electron chi connectivity index (χ4n) is 2.77. The Labute approximate surface area is 100 Å². The quantitative estimate of drug-likeness (QED) is 0.597. The van der Waals surface area contributed by atoms with Gasteiger partial charge in [0, 0.05) is 6.07 Å². The van der Waals surface area contributed by atoms with Crippen molar-refractivity contribution in [3.05, 3.63) is 17.7 Å². The number of fused-ring (bicyclic) bond motifs is 1. The fourth-order valence-corrected chi connectivity index (χ4v) is 2.77. The molecule has 0 aromatic heterocycles. The third-order valence-corrected chi connectivity index (χ3v) is 3.85. The van der Waals surface area contributed by atoms with Gasteiger partial charge in [0.2, 0.25) is 0 Å². The first-order valence-corrected chi connectivity index (χ1v) is 6.13. The van der Waals surface area contributed by atoms with Crippen molar-refractivity contribution in [2.45, 2.75) is 31.3 Å². The van der Waals surface area contributed by atoms with Gasteiger partial charge >= 0.3 is 0 Å². The highest BCUT2D eigenvalue weighted by Crippen LogP contribution is 2.42. The number of piperidine rings is 1. The van der Waals surface area contributed by atoms with Crippen LogP contribution in [0.4, 0.5) is 0 Å². The minimum atomic E-state index is -0.102. The lowest BCUT2D eigenvalue weighted by Crippen LogP contribution is -2.48. The van der Waals surface area contributed by atoms with Crippen LogP contribution in [0.3, 0.4) is 0 Å². The monoisotopic (exact) mass is 235 g/mol. The molecule has 2 heterocycles. The van der Waals surface area contributed by atoms with Crippen molar-refractivity contribution in [1.29, 1.82) is 0 Å². The maximum Gasteiger partial charge on any atom is 0.161 e. The van der Waals surface area contributed by atoms with Crippen molar-refractivity contribution in [2.75, 3.05) is 13.1 Å². The van der Waals surface area contributed by atoms with Gasteiger partial charge in [-0.15, -0.1) is 0 Å². The van der Waals surface area contributed by atoms with Gasteiger partial charge in [0.25, 0.3) is 0 Å². The minimum Gasteiger partial charge on any atom is -0.504 e. The first kappa shape index (κ1) is 10.7. The number of aromatic hydroxyl groups is 2. The molecule has 0 saturated carbocycles. The molecule has 3 N–H and O–H groups in total. The molecule has 4 heteroatoms. The molecule has 3 rings (SSSR count). The Kier molecular flexibility index (Phi) is 2.40. The molecule has 0 aliphatic carbocycles. The highest BCUT2D eigenvalue weighted by Gasteiger charge is 2.37. The average molecular weight is 235 g/mol. The number of ether oxygens (including phenoxy) is 1. The summed E-state index contributed by atoms with van der Waals surface area (Å²) < 4.78 is 6.09. The molecule has 1 fully saturated rings. The summed E-state index contributed by atoms with van der Waals surface area (Å²) in [4.78, 5) is 0. The zero-order valence-corrected chi connectivity index (χ0v) is 9.70. The number of hydrogen-bond acceptors (Lipinski definition) is 4. The molecule has 4 nitrogen and oxygen atoms in total. The molecule has 1 spiro atoms. The van der Waals surface area contributed by atoms with Crippen molar-refractivity contribution in [3.63, 3.8) is 0 Å². The van der Waals surface area contributed by atoms with E-state index in [1.54, 1.807) is 6.07 Å². The molecule has 1 aromatic carbocycles. The molecule has 0 unspecified atom stereocenters. The topological polar surface area (TPSA) is 61.7 Å². The highest BCUT2D eigenvalue weighted by atomic mass is 16.5. The van der Waals surface area contributed by atoms with Crippen LogP contribution in [0.5, 0.6) is 17.2 Å². The zero-order valence-electron chi connectivity index (χ0n) is 9.70. The molecule has 0 radical (unpaired) electrons. The van der Waals surface area contributed by atoms with Crippen LogP contribution < -0.4 is 10.1 Å². The third kappa shape index (κ3) is 1.82. The molecule has 17 heavy (non-hydrogen) atoms. The van der Waals surface area contributed by atoms with E-state index >= 15 is 0 Å². The van der Waals surface area contributed by atoms with Crippen LogP contribution in [0.15, 0.2) is 12.1 Å². The second kappa shape index (κ2) is 3.81. The summed E-state index contributed by atoms with van der Waals surface area (Å²) in [5.41, 5.74) is 0.922. The molecular formula is C13H17NO3. The smallest absolute Gasteiger partial charge is 0.161 e. The van der Waals surface area contributed by atoms with E-state index in [4.69, 9.17) is 4.74 Å². The summed E-state index contributed by atoms with van der Waals surface area (Å²) in [6.07, 6.45) is 3.91. The van der Waals surface area contributed by atoms with E-state index in [-0.39, 0.29) is 17.1 Å². The second-order valence-electron chi connectivity index (χ2n) is 4.98. The Morgan fingerprint density at radius 2 is 1.76 bits per heavy atom. The van der Waals surface area contributed by atoms with Gasteiger partial charge in [0.15, 0.2) is 11.5 Å². The number of hydrogen-bond donors (Lipinski definition) is 3. The molecule has 0 bridgehead atoms. The van der Waals surface area contributed by atoms with Crippen LogP contribution in [-0.2, 0) is 6.42 Å². The fraction of sp³-hybridized carbons (Fsp3) is 0.538. The molecule has 0 amide bonds. The Hall–Kier alpha value is -1.42. The van der Waals surface area contributed by atoms with Gasteiger partial charge in [-0.3, -0.25) is 0 Å². The van der Waals surface area contributed by atoms with E-state index in [2.05, 4.69) is 5.32 Å². The Morgan fingerprint density at radius 1 is 1.06 bits per heavy atom. The van der Waals surface area contributed by atoms with Crippen molar-refractivity contribution in [3.8, 4) is 17.2 Å². The van der Waals surface area contributed by atoms with Gasteiger partial charge in [-0.05, 0) is 50.4 Å². The van der Waals surface area contributed by atoms with Crippen LogP contribution >= 0.6 is 0 Å². The Balaban J connectivity index is 1.91. The highest BCUT2D eigenvalue weighted by molar-refractivity contribution is 5.50. The largest absolute Gasteiger partial charge is 0.504 e. The standard InChI is InChI=1S/C13H17NO3/c15-10-7-9-1-2-13(3-5-14-6-4-13)17-12(9)8-11(10)16/h7-8,14-16H,1-6H2. The van der Waals surface area contributed by atoms with Gasteiger partial charge in [-0.1, -0.05) is 0 Å². The van der Waals surface area contributed by atoms with Crippen LogP contribution in [0, 0.1) is 0 Å². The average Bonchev–Trinajstić information content (AvgIpc) is 2.33. The van der Waals surface area contributed by atoms with Crippen molar-refractivity contribution in [1.82, 2.24) is 5.32 Å². The van der Waals surface area contributed by atoms with Gasteiger partial charge in [0.1, 0.15) is 11.4 Å². The predicted molar refractivity (Wildman–Crippen MR) is 63.6 cm³/mol. The lowest BCUT2D eigenvalue weighted by Gasteiger charge is -2.41. The first-order valence-electron chi connectivity index (χ1n) is 6.13. The second-order valence-corrected chi connectivity index (χ2v) is 4.98. The van der Waals surface area contributed by atoms with E-state index in [9.17, 15) is 10.2 Å². The number of phenols is 2. The summed E-state index contributed by atoms with van der Waals surface area (Å²) in [5.74, 6) is 0.566. The molecule has 1 aromatic rings. The Morgan fingerprint density at radius 3 is 2.53 bits per heavy atom. The van der Waals surface area contributed by atoms with Crippen molar-refractivity contribution in [2.24, 2.45) is 0 Å². The summed E-state index contributed by atoms with van der Waals surface area (Å²) in [6.45, 7) is 1.97. The molecule has 0 atom stereocenters. The normalized spacial score (nSPS) is 21.9.